The summed E-state index contributed by atoms with van der Waals surface area (Å²) in [5.41, 5.74) is 2.92. The molecule has 2 rings (SSSR count). The van der Waals surface area contributed by atoms with E-state index < -0.39 is 5.97 Å². The van der Waals surface area contributed by atoms with Crippen LogP contribution in [0.15, 0.2) is 36.4 Å². The monoisotopic (exact) mass is 345 g/mol. The van der Waals surface area contributed by atoms with E-state index in [2.05, 4.69) is 57.3 Å². The number of carbonyl (C=O) groups is 1. The second kappa shape index (κ2) is 7.84. The largest absolute Gasteiger partial charge is 0.477 e. The van der Waals surface area contributed by atoms with Crippen LogP contribution in [0.2, 0.25) is 0 Å². The van der Waals surface area contributed by atoms with Crippen LogP contribution in [0.25, 0.3) is 0 Å². The van der Waals surface area contributed by atoms with Crippen molar-refractivity contribution in [3.8, 4) is 0 Å². The zero-order valence-corrected chi connectivity index (χ0v) is 15.7. The van der Waals surface area contributed by atoms with Crippen molar-refractivity contribution in [2.45, 2.75) is 51.9 Å². The summed E-state index contributed by atoms with van der Waals surface area (Å²) >= 11 is 1.29. The summed E-state index contributed by atoms with van der Waals surface area (Å²) in [6.07, 6.45) is 2.13. The maximum absolute atomic E-state index is 10.9. The van der Waals surface area contributed by atoms with Gasteiger partial charge in [-0.2, -0.15) is 0 Å². The van der Waals surface area contributed by atoms with E-state index in [0.717, 1.165) is 24.4 Å². The minimum atomic E-state index is -0.863. The molecule has 0 aliphatic heterocycles. The van der Waals surface area contributed by atoms with E-state index in [0.29, 0.717) is 10.8 Å². The molecule has 3 nitrogen and oxygen atoms in total. The van der Waals surface area contributed by atoms with Gasteiger partial charge in [0.15, 0.2) is 0 Å². The SMILES string of the molecule is CCC(CCNc1ccc(C(=O)O)s1)c1ccc(C(C)(C)C)cc1. The van der Waals surface area contributed by atoms with Crippen LogP contribution in [-0.2, 0) is 5.41 Å². The van der Waals surface area contributed by atoms with Gasteiger partial charge in [-0.15, -0.1) is 11.3 Å². The normalized spacial score (nSPS) is 12.8. The Labute approximate surface area is 148 Å². The number of carboxylic acid groups (broad SMARTS) is 1. The summed E-state index contributed by atoms with van der Waals surface area (Å²) in [6, 6.07) is 12.5. The van der Waals surface area contributed by atoms with Crippen LogP contribution in [-0.4, -0.2) is 17.6 Å². The van der Waals surface area contributed by atoms with Crippen LogP contribution >= 0.6 is 11.3 Å². The van der Waals surface area contributed by atoms with E-state index >= 15 is 0 Å². The smallest absolute Gasteiger partial charge is 0.345 e. The van der Waals surface area contributed by atoms with Crippen molar-refractivity contribution in [1.29, 1.82) is 0 Å². The molecule has 1 aromatic carbocycles. The third-order valence-corrected chi connectivity index (χ3v) is 5.38. The van der Waals surface area contributed by atoms with Gasteiger partial charge >= 0.3 is 5.97 Å². The highest BCUT2D eigenvalue weighted by atomic mass is 32.1. The summed E-state index contributed by atoms with van der Waals surface area (Å²) in [7, 11) is 0. The van der Waals surface area contributed by atoms with Crippen molar-refractivity contribution < 1.29 is 9.90 Å². The molecule has 0 saturated carbocycles. The fraction of sp³-hybridized carbons (Fsp3) is 0.450. The van der Waals surface area contributed by atoms with Gasteiger partial charge in [-0.3, -0.25) is 0 Å². The summed E-state index contributed by atoms with van der Waals surface area (Å²) in [4.78, 5) is 11.3. The lowest BCUT2D eigenvalue weighted by atomic mass is 9.85. The number of benzene rings is 1. The molecule has 24 heavy (non-hydrogen) atoms. The van der Waals surface area contributed by atoms with Gasteiger partial charge in [0.05, 0.1) is 5.00 Å². The lowest BCUT2D eigenvalue weighted by molar-refractivity contribution is 0.0702. The second-order valence-electron chi connectivity index (χ2n) is 7.16. The van der Waals surface area contributed by atoms with Gasteiger partial charge in [0.2, 0.25) is 0 Å². The van der Waals surface area contributed by atoms with Crippen LogP contribution < -0.4 is 5.32 Å². The topological polar surface area (TPSA) is 49.3 Å². The first-order valence-corrected chi connectivity index (χ1v) is 9.30. The van der Waals surface area contributed by atoms with E-state index in [1.54, 1.807) is 6.07 Å². The van der Waals surface area contributed by atoms with Crippen molar-refractivity contribution in [3.05, 3.63) is 52.4 Å². The summed E-state index contributed by atoms with van der Waals surface area (Å²) in [6.45, 7) is 9.76. The number of aromatic carboxylic acids is 1. The molecule has 130 valence electrons. The summed E-state index contributed by atoms with van der Waals surface area (Å²) < 4.78 is 0. The molecule has 0 radical (unpaired) electrons. The van der Waals surface area contributed by atoms with Gasteiger partial charge in [-0.05, 0) is 47.4 Å². The number of thiophene rings is 1. The first-order chi connectivity index (χ1) is 11.3. The van der Waals surface area contributed by atoms with E-state index in [-0.39, 0.29) is 5.41 Å². The molecule has 2 N–H and O–H groups in total. The molecule has 1 aromatic heterocycles. The highest BCUT2D eigenvalue weighted by molar-refractivity contribution is 7.17. The van der Waals surface area contributed by atoms with Crippen LogP contribution in [0, 0.1) is 0 Å². The Morgan fingerprint density at radius 1 is 1.17 bits per heavy atom. The minimum Gasteiger partial charge on any atom is -0.477 e. The van der Waals surface area contributed by atoms with Gasteiger partial charge in [0, 0.05) is 6.54 Å². The van der Waals surface area contributed by atoms with Crippen molar-refractivity contribution in [1.82, 2.24) is 0 Å². The predicted octanol–water partition coefficient (Wildman–Crippen LogP) is 5.74. The van der Waals surface area contributed by atoms with Gasteiger partial charge < -0.3 is 10.4 Å². The van der Waals surface area contributed by atoms with Gasteiger partial charge in [-0.1, -0.05) is 52.0 Å². The van der Waals surface area contributed by atoms with Gasteiger partial charge in [0.25, 0.3) is 0 Å². The van der Waals surface area contributed by atoms with E-state index in [1.807, 2.05) is 6.07 Å². The molecule has 0 bridgehead atoms. The zero-order chi connectivity index (χ0) is 17.7. The van der Waals surface area contributed by atoms with Crippen LogP contribution in [0.4, 0.5) is 5.00 Å². The third kappa shape index (κ3) is 4.84. The van der Waals surface area contributed by atoms with Crippen molar-refractivity contribution in [3.63, 3.8) is 0 Å². The van der Waals surface area contributed by atoms with E-state index in [9.17, 15) is 4.79 Å². The molecule has 1 unspecified atom stereocenters. The highest BCUT2D eigenvalue weighted by Gasteiger charge is 2.15. The summed E-state index contributed by atoms with van der Waals surface area (Å²) in [5.74, 6) is -0.344. The molecule has 0 fully saturated rings. The Morgan fingerprint density at radius 3 is 2.33 bits per heavy atom. The molecule has 0 saturated heterocycles. The fourth-order valence-corrected chi connectivity index (χ4v) is 3.55. The highest BCUT2D eigenvalue weighted by Crippen LogP contribution is 2.28. The Morgan fingerprint density at radius 2 is 1.83 bits per heavy atom. The molecule has 1 atom stereocenters. The average molecular weight is 346 g/mol. The van der Waals surface area contributed by atoms with Crippen LogP contribution in [0.3, 0.4) is 0 Å². The summed E-state index contributed by atoms with van der Waals surface area (Å²) in [5, 5.41) is 13.2. The maximum Gasteiger partial charge on any atom is 0.345 e. The predicted molar refractivity (Wildman–Crippen MR) is 103 cm³/mol. The van der Waals surface area contributed by atoms with Gasteiger partial charge in [0.1, 0.15) is 4.88 Å². The van der Waals surface area contributed by atoms with Crippen molar-refractivity contribution in [2.75, 3.05) is 11.9 Å². The lowest BCUT2D eigenvalue weighted by Crippen LogP contribution is -2.11. The molecule has 0 amide bonds. The quantitative estimate of drug-likeness (QED) is 0.673. The second-order valence-corrected chi connectivity index (χ2v) is 8.25. The number of rotatable bonds is 7. The van der Waals surface area contributed by atoms with E-state index in [1.165, 1.54) is 22.5 Å². The Bertz CT molecular complexity index is 668. The number of anilines is 1. The minimum absolute atomic E-state index is 0.183. The van der Waals surface area contributed by atoms with Crippen LogP contribution in [0.5, 0.6) is 0 Å². The molecular formula is C20H27NO2S. The third-order valence-electron chi connectivity index (χ3n) is 4.35. The first-order valence-electron chi connectivity index (χ1n) is 8.48. The molecule has 1 heterocycles. The number of hydrogen-bond acceptors (Lipinski definition) is 3. The maximum atomic E-state index is 10.9. The molecule has 0 aliphatic rings. The Hall–Kier alpha value is -1.81. The number of carboxylic acids is 1. The Kier molecular flexibility index (Phi) is 6.05. The molecule has 0 spiro atoms. The van der Waals surface area contributed by atoms with Crippen molar-refractivity contribution >= 4 is 22.3 Å². The number of nitrogens with one attached hydrogen (secondary N) is 1. The molecule has 0 aliphatic carbocycles. The molecular weight excluding hydrogens is 318 g/mol. The average Bonchev–Trinajstić information content (AvgIpc) is 3.00. The van der Waals surface area contributed by atoms with Crippen LogP contribution in [0.1, 0.15) is 67.3 Å². The van der Waals surface area contributed by atoms with Crippen molar-refractivity contribution in [2.24, 2.45) is 0 Å². The number of hydrogen-bond donors (Lipinski definition) is 2. The van der Waals surface area contributed by atoms with E-state index in [4.69, 9.17) is 5.11 Å². The zero-order valence-electron chi connectivity index (χ0n) is 14.9. The fourth-order valence-electron chi connectivity index (χ4n) is 2.78. The van der Waals surface area contributed by atoms with Gasteiger partial charge in [-0.25, -0.2) is 4.79 Å². The lowest BCUT2D eigenvalue weighted by Gasteiger charge is -2.21. The molecule has 4 heteroatoms. The first kappa shape index (κ1) is 18.5. The molecule has 2 aromatic rings. The Balaban J connectivity index is 1.93. The standard InChI is InChI=1S/C20H27NO2S/c1-5-14(15-6-8-16(9-7-15)20(2,3)4)12-13-21-18-11-10-17(24-18)19(22)23/h6-11,14,21H,5,12-13H2,1-4H3,(H,22,23).